The number of ether oxygens (including phenoxy) is 1. The number of alkyl halides is 3. The van der Waals surface area contributed by atoms with Crippen LogP contribution in [0.1, 0.15) is 22.8 Å². The second-order valence-electron chi connectivity index (χ2n) is 5.89. The molecule has 0 heterocycles. The van der Waals surface area contributed by atoms with Gasteiger partial charge in [-0.25, -0.2) is 4.39 Å². The van der Waals surface area contributed by atoms with Crippen LogP contribution in [0.4, 0.5) is 23.2 Å². The van der Waals surface area contributed by atoms with Crippen LogP contribution < -0.4 is 10.6 Å². The molecule has 0 saturated carbocycles. The van der Waals surface area contributed by atoms with E-state index < -0.39 is 48.0 Å². The Labute approximate surface area is 162 Å². The SMILES string of the molecule is C[C@H](OC(=O)CNC(=O)c1cccc(F)c1)C(=O)Nc1cccc(C(F)(F)F)c1. The fraction of sp³-hybridized carbons (Fsp3) is 0.211. The number of hydrogen-bond acceptors (Lipinski definition) is 4. The van der Waals surface area contributed by atoms with Crippen molar-refractivity contribution in [3.63, 3.8) is 0 Å². The summed E-state index contributed by atoms with van der Waals surface area (Å²) in [7, 11) is 0. The van der Waals surface area contributed by atoms with Gasteiger partial charge >= 0.3 is 12.1 Å². The zero-order chi connectivity index (χ0) is 21.6. The highest BCUT2D eigenvalue weighted by molar-refractivity contribution is 5.97. The summed E-state index contributed by atoms with van der Waals surface area (Å²) in [5.74, 6) is -3.15. The van der Waals surface area contributed by atoms with Crippen LogP contribution in [0, 0.1) is 5.82 Å². The van der Waals surface area contributed by atoms with Crippen molar-refractivity contribution in [2.45, 2.75) is 19.2 Å². The van der Waals surface area contributed by atoms with Gasteiger partial charge in [0, 0.05) is 11.3 Å². The number of esters is 1. The first kappa shape index (κ1) is 21.9. The van der Waals surface area contributed by atoms with Gasteiger partial charge in [-0.3, -0.25) is 14.4 Å². The summed E-state index contributed by atoms with van der Waals surface area (Å²) in [6.07, 6.45) is -5.90. The Balaban J connectivity index is 1.86. The van der Waals surface area contributed by atoms with Gasteiger partial charge in [-0.1, -0.05) is 12.1 Å². The van der Waals surface area contributed by atoms with Crippen molar-refractivity contribution in [2.24, 2.45) is 0 Å². The number of hydrogen-bond donors (Lipinski definition) is 2. The third-order valence-electron chi connectivity index (χ3n) is 3.61. The molecule has 2 aromatic carbocycles. The Morgan fingerprint density at radius 2 is 1.76 bits per heavy atom. The van der Waals surface area contributed by atoms with Crippen LogP contribution >= 0.6 is 0 Å². The second kappa shape index (κ2) is 9.18. The topological polar surface area (TPSA) is 84.5 Å². The molecule has 0 fully saturated rings. The van der Waals surface area contributed by atoms with Gasteiger partial charge in [0.1, 0.15) is 12.4 Å². The minimum Gasteiger partial charge on any atom is -0.451 e. The Kier molecular flexibility index (Phi) is 6.92. The summed E-state index contributed by atoms with van der Waals surface area (Å²) in [5, 5.41) is 4.42. The maximum atomic E-state index is 13.1. The van der Waals surface area contributed by atoms with Gasteiger partial charge in [0.2, 0.25) is 0 Å². The third kappa shape index (κ3) is 6.59. The van der Waals surface area contributed by atoms with E-state index in [2.05, 4.69) is 10.6 Å². The lowest BCUT2D eigenvalue weighted by atomic mass is 10.2. The molecule has 1 atom stereocenters. The number of nitrogens with one attached hydrogen (secondary N) is 2. The zero-order valence-electron chi connectivity index (χ0n) is 15.0. The van der Waals surface area contributed by atoms with Gasteiger partial charge in [-0.05, 0) is 43.3 Å². The smallest absolute Gasteiger partial charge is 0.416 e. The molecule has 0 aromatic heterocycles. The van der Waals surface area contributed by atoms with Crippen molar-refractivity contribution in [1.29, 1.82) is 0 Å². The van der Waals surface area contributed by atoms with E-state index in [0.29, 0.717) is 0 Å². The Bertz CT molecular complexity index is 915. The summed E-state index contributed by atoms with van der Waals surface area (Å²) < 4.78 is 56.0. The number of carbonyl (C=O) groups excluding carboxylic acids is 3. The third-order valence-corrected chi connectivity index (χ3v) is 3.61. The van der Waals surface area contributed by atoms with Crippen molar-refractivity contribution in [1.82, 2.24) is 5.32 Å². The molecule has 0 unspecified atom stereocenters. The highest BCUT2D eigenvalue weighted by Gasteiger charge is 2.30. The molecule has 0 saturated heterocycles. The molecule has 10 heteroatoms. The number of benzene rings is 2. The Morgan fingerprint density at radius 3 is 2.41 bits per heavy atom. The number of carbonyl (C=O) groups is 3. The fourth-order valence-electron chi connectivity index (χ4n) is 2.19. The summed E-state index contributed by atoms with van der Waals surface area (Å²) >= 11 is 0. The minimum atomic E-state index is -4.57. The molecule has 0 aliphatic carbocycles. The molecule has 0 bridgehead atoms. The van der Waals surface area contributed by atoms with Crippen LogP contribution in [0.3, 0.4) is 0 Å². The second-order valence-corrected chi connectivity index (χ2v) is 5.89. The highest BCUT2D eigenvalue weighted by Crippen LogP contribution is 2.30. The first-order chi connectivity index (χ1) is 13.6. The molecule has 0 aliphatic rings. The van der Waals surface area contributed by atoms with E-state index in [4.69, 9.17) is 4.74 Å². The Morgan fingerprint density at radius 1 is 1.07 bits per heavy atom. The lowest BCUT2D eigenvalue weighted by Crippen LogP contribution is -2.35. The fourth-order valence-corrected chi connectivity index (χ4v) is 2.19. The van der Waals surface area contributed by atoms with Crippen molar-refractivity contribution in [3.8, 4) is 0 Å². The summed E-state index contributed by atoms with van der Waals surface area (Å²) in [6, 6.07) is 8.75. The molecule has 2 aromatic rings. The number of halogens is 4. The van der Waals surface area contributed by atoms with Crippen LogP contribution in [0.15, 0.2) is 48.5 Å². The standard InChI is InChI=1S/C19H16F4N2O4/c1-11(17(27)25-15-7-3-5-13(9-15)19(21,22)23)29-16(26)10-24-18(28)12-4-2-6-14(20)8-12/h2-9,11H,10H2,1H3,(H,24,28)(H,25,27)/t11-/m0/s1. The molecule has 0 radical (unpaired) electrons. The molecule has 2 rings (SSSR count). The van der Waals surface area contributed by atoms with E-state index in [-0.39, 0.29) is 11.3 Å². The van der Waals surface area contributed by atoms with Gasteiger partial charge in [-0.15, -0.1) is 0 Å². The number of anilines is 1. The molecule has 29 heavy (non-hydrogen) atoms. The lowest BCUT2D eigenvalue weighted by Gasteiger charge is -2.15. The van der Waals surface area contributed by atoms with Crippen LogP contribution in [-0.4, -0.2) is 30.4 Å². The van der Waals surface area contributed by atoms with Crippen LogP contribution in [-0.2, 0) is 20.5 Å². The van der Waals surface area contributed by atoms with Gasteiger partial charge in [0.05, 0.1) is 5.56 Å². The maximum absolute atomic E-state index is 13.1. The van der Waals surface area contributed by atoms with E-state index in [1.54, 1.807) is 0 Å². The van der Waals surface area contributed by atoms with E-state index >= 15 is 0 Å². The molecule has 6 nitrogen and oxygen atoms in total. The number of rotatable bonds is 6. The first-order valence-corrected chi connectivity index (χ1v) is 8.27. The van der Waals surface area contributed by atoms with Crippen LogP contribution in [0.25, 0.3) is 0 Å². The van der Waals surface area contributed by atoms with E-state index in [0.717, 1.165) is 30.3 Å². The number of amides is 2. The van der Waals surface area contributed by atoms with Crippen LogP contribution in [0.2, 0.25) is 0 Å². The predicted molar refractivity (Wildman–Crippen MR) is 94.4 cm³/mol. The van der Waals surface area contributed by atoms with Crippen LogP contribution in [0.5, 0.6) is 0 Å². The molecule has 2 amide bonds. The summed E-state index contributed by atoms with van der Waals surface area (Å²) in [5.41, 5.74) is -1.07. The molecular formula is C19H16F4N2O4. The summed E-state index contributed by atoms with van der Waals surface area (Å²) in [4.78, 5) is 35.6. The van der Waals surface area contributed by atoms with E-state index in [1.807, 2.05) is 0 Å². The highest BCUT2D eigenvalue weighted by atomic mass is 19.4. The van der Waals surface area contributed by atoms with Gasteiger partial charge in [0.25, 0.3) is 11.8 Å². The first-order valence-electron chi connectivity index (χ1n) is 8.27. The van der Waals surface area contributed by atoms with Gasteiger partial charge in [0.15, 0.2) is 6.10 Å². The molecule has 154 valence electrons. The van der Waals surface area contributed by atoms with E-state index in [1.165, 1.54) is 25.1 Å². The monoisotopic (exact) mass is 412 g/mol. The minimum absolute atomic E-state index is 0.00635. The molecule has 2 N–H and O–H groups in total. The van der Waals surface area contributed by atoms with Crippen molar-refractivity contribution in [2.75, 3.05) is 11.9 Å². The quantitative estimate of drug-likeness (QED) is 0.564. The molecule has 0 aliphatic heterocycles. The predicted octanol–water partition coefficient (Wildman–Crippen LogP) is 3.14. The van der Waals surface area contributed by atoms with Gasteiger partial charge < -0.3 is 15.4 Å². The van der Waals surface area contributed by atoms with Crippen molar-refractivity contribution >= 4 is 23.5 Å². The van der Waals surface area contributed by atoms with Gasteiger partial charge in [-0.2, -0.15) is 13.2 Å². The molecule has 0 spiro atoms. The normalized spacial score (nSPS) is 12.0. The largest absolute Gasteiger partial charge is 0.451 e. The molecular weight excluding hydrogens is 396 g/mol. The Hall–Kier alpha value is -3.43. The average molecular weight is 412 g/mol. The average Bonchev–Trinajstić information content (AvgIpc) is 2.65. The summed E-state index contributed by atoms with van der Waals surface area (Å²) in [6.45, 7) is 0.631. The van der Waals surface area contributed by atoms with E-state index in [9.17, 15) is 31.9 Å². The van der Waals surface area contributed by atoms with Crippen molar-refractivity contribution < 1.29 is 36.7 Å². The zero-order valence-corrected chi connectivity index (χ0v) is 15.0. The van der Waals surface area contributed by atoms with Crippen molar-refractivity contribution in [3.05, 3.63) is 65.5 Å². The lowest BCUT2D eigenvalue weighted by molar-refractivity contribution is -0.152. The maximum Gasteiger partial charge on any atom is 0.416 e.